The number of nitrogens with zero attached hydrogens (tertiary/aromatic N) is 1. The van der Waals surface area contributed by atoms with Crippen LogP contribution in [0.2, 0.25) is 0 Å². The molecule has 14 heavy (non-hydrogen) atoms. The highest BCUT2D eigenvalue weighted by atomic mass is 19.4. The van der Waals surface area contributed by atoms with Crippen LogP contribution in [0.4, 0.5) is 13.2 Å². The van der Waals surface area contributed by atoms with Gasteiger partial charge in [0.2, 0.25) is 0 Å². The van der Waals surface area contributed by atoms with Gasteiger partial charge in [-0.2, -0.15) is 18.3 Å². The molecule has 6 heteroatoms. The Balaban J connectivity index is 2.81. The van der Waals surface area contributed by atoms with E-state index in [1.54, 1.807) is 26.2 Å². The number of hydrazone groups is 1. The van der Waals surface area contributed by atoms with Crippen molar-refractivity contribution in [2.75, 3.05) is 0 Å². The molecule has 1 heterocycles. The lowest BCUT2D eigenvalue weighted by Gasteiger charge is -2.26. The monoisotopic (exact) mass is 210 g/mol. The van der Waals surface area contributed by atoms with Crippen LogP contribution in [-0.4, -0.2) is 22.7 Å². The first-order valence-corrected chi connectivity index (χ1v) is 4.19. The van der Waals surface area contributed by atoms with Gasteiger partial charge in [-0.15, -0.1) is 0 Å². The standard InChI is InChI=1S/C8H13F3N2O/c1-6(2,3)5-4-7(14,13-12-5)8(9,10)11/h13-14H,4H2,1-3H3. The molecule has 0 fully saturated rings. The van der Waals surface area contributed by atoms with Crippen molar-refractivity contribution >= 4 is 5.71 Å². The summed E-state index contributed by atoms with van der Waals surface area (Å²) in [6.45, 7) is 5.24. The Bertz CT molecular complexity index is 267. The summed E-state index contributed by atoms with van der Waals surface area (Å²) in [6, 6.07) is 0. The largest absolute Gasteiger partial charge is 0.438 e. The van der Waals surface area contributed by atoms with E-state index in [-0.39, 0.29) is 0 Å². The fourth-order valence-electron chi connectivity index (χ4n) is 1.08. The Labute approximate surface area is 80.0 Å². The second kappa shape index (κ2) is 2.85. The molecule has 2 N–H and O–H groups in total. The molecule has 1 unspecified atom stereocenters. The third-order valence-corrected chi connectivity index (χ3v) is 2.13. The Hall–Kier alpha value is -0.780. The highest BCUT2D eigenvalue weighted by Gasteiger charge is 2.57. The van der Waals surface area contributed by atoms with Gasteiger partial charge in [0, 0.05) is 17.5 Å². The number of alkyl halides is 3. The molecule has 1 atom stereocenters. The van der Waals surface area contributed by atoms with E-state index in [2.05, 4.69) is 5.10 Å². The molecule has 82 valence electrons. The van der Waals surface area contributed by atoms with Gasteiger partial charge in [0.15, 0.2) is 0 Å². The van der Waals surface area contributed by atoms with Gasteiger partial charge in [-0.05, 0) is 0 Å². The van der Waals surface area contributed by atoms with Crippen molar-refractivity contribution in [3.63, 3.8) is 0 Å². The van der Waals surface area contributed by atoms with Gasteiger partial charge in [-0.3, -0.25) is 5.43 Å². The first-order chi connectivity index (χ1) is 6.06. The zero-order valence-electron chi connectivity index (χ0n) is 8.24. The Morgan fingerprint density at radius 1 is 1.36 bits per heavy atom. The molecule has 0 aromatic carbocycles. The van der Waals surface area contributed by atoms with Gasteiger partial charge in [0.1, 0.15) is 0 Å². The smallest absolute Gasteiger partial charge is 0.362 e. The topological polar surface area (TPSA) is 44.6 Å². The fourth-order valence-corrected chi connectivity index (χ4v) is 1.08. The third kappa shape index (κ3) is 1.84. The molecular formula is C8H13F3N2O. The zero-order valence-corrected chi connectivity index (χ0v) is 8.24. The van der Waals surface area contributed by atoms with Crippen LogP contribution in [0, 0.1) is 5.41 Å². The molecule has 0 saturated carbocycles. The lowest BCUT2D eigenvalue weighted by molar-refractivity contribution is -0.266. The van der Waals surface area contributed by atoms with E-state index in [1.807, 2.05) is 0 Å². The fraction of sp³-hybridized carbons (Fsp3) is 0.875. The molecule has 0 spiro atoms. The number of halogens is 3. The van der Waals surface area contributed by atoms with Crippen LogP contribution in [0.1, 0.15) is 27.2 Å². The number of hydrogen-bond donors (Lipinski definition) is 2. The quantitative estimate of drug-likeness (QED) is 0.638. The van der Waals surface area contributed by atoms with Crippen LogP contribution in [-0.2, 0) is 0 Å². The predicted molar refractivity (Wildman–Crippen MR) is 45.6 cm³/mol. The molecule has 0 saturated heterocycles. The second-order valence-corrected chi connectivity index (χ2v) is 4.46. The van der Waals surface area contributed by atoms with E-state index in [0.717, 1.165) is 0 Å². The van der Waals surface area contributed by atoms with Gasteiger partial charge in [-0.1, -0.05) is 20.8 Å². The van der Waals surface area contributed by atoms with Gasteiger partial charge in [0.05, 0.1) is 0 Å². The average Bonchev–Trinajstić information content (AvgIpc) is 2.29. The van der Waals surface area contributed by atoms with Crippen LogP contribution in [0.3, 0.4) is 0 Å². The number of hydrogen-bond acceptors (Lipinski definition) is 3. The molecular weight excluding hydrogens is 197 g/mol. The highest BCUT2D eigenvalue weighted by Crippen LogP contribution is 2.37. The maximum atomic E-state index is 12.3. The van der Waals surface area contributed by atoms with Gasteiger partial charge in [0.25, 0.3) is 5.72 Å². The van der Waals surface area contributed by atoms with Crippen molar-refractivity contribution in [3.05, 3.63) is 0 Å². The zero-order chi connectivity index (χ0) is 11.2. The van der Waals surface area contributed by atoms with Gasteiger partial charge < -0.3 is 5.11 Å². The highest BCUT2D eigenvalue weighted by molar-refractivity contribution is 5.91. The summed E-state index contributed by atoms with van der Waals surface area (Å²) >= 11 is 0. The third-order valence-electron chi connectivity index (χ3n) is 2.13. The van der Waals surface area contributed by atoms with E-state index in [9.17, 15) is 18.3 Å². The SMILES string of the molecule is CC(C)(C)C1=NNC(O)(C(F)(F)F)C1. The molecule has 0 amide bonds. The van der Waals surface area contributed by atoms with E-state index in [4.69, 9.17) is 0 Å². The number of nitrogens with one attached hydrogen (secondary N) is 1. The van der Waals surface area contributed by atoms with E-state index in [0.29, 0.717) is 5.71 Å². The van der Waals surface area contributed by atoms with E-state index < -0.39 is 23.7 Å². The summed E-state index contributed by atoms with van der Waals surface area (Å²) in [5.41, 5.74) is -1.30. The van der Waals surface area contributed by atoms with Crippen LogP contribution >= 0.6 is 0 Å². The molecule has 1 aliphatic rings. The van der Waals surface area contributed by atoms with Crippen molar-refractivity contribution in [3.8, 4) is 0 Å². The van der Waals surface area contributed by atoms with Crippen molar-refractivity contribution in [2.45, 2.75) is 39.1 Å². The minimum atomic E-state index is -4.70. The maximum absolute atomic E-state index is 12.3. The first kappa shape index (κ1) is 11.3. The average molecular weight is 210 g/mol. The van der Waals surface area contributed by atoms with Crippen LogP contribution in [0.5, 0.6) is 0 Å². The lowest BCUT2D eigenvalue weighted by atomic mass is 9.86. The van der Waals surface area contributed by atoms with Gasteiger partial charge >= 0.3 is 6.18 Å². The molecule has 0 aliphatic carbocycles. The molecule has 0 bridgehead atoms. The molecule has 0 aromatic rings. The number of aliphatic hydroxyl groups is 1. The van der Waals surface area contributed by atoms with Crippen molar-refractivity contribution in [2.24, 2.45) is 10.5 Å². The normalized spacial score (nSPS) is 28.6. The summed E-state index contributed by atoms with van der Waals surface area (Å²) in [4.78, 5) is 0. The molecule has 1 rings (SSSR count). The van der Waals surface area contributed by atoms with Crippen LogP contribution < -0.4 is 5.43 Å². The Morgan fingerprint density at radius 2 is 1.86 bits per heavy atom. The van der Waals surface area contributed by atoms with E-state index in [1.165, 1.54) is 0 Å². The van der Waals surface area contributed by atoms with Gasteiger partial charge in [-0.25, -0.2) is 0 Å². The summed E-state index contributed by atoms with van der Waals surface area (Å²) in [5.74, 6) is 0. The predicted octanol–water partition coefficient (Wildman–Crippen LogP) is 1.63. The Morgan fingerprint density at radius 3 is 2.07 bits per heavy atom. The van der Waals surface area contributed by atoms with Crippen molar-refractivity contribution in [1.29, 1.82) is 0 Å². The summed E-state index contributed by atoms with van der Waals surface area (Å²) in [6.07, 6.45) is -5.22. The minimum absolute atomic E-state index is 0.317. The van der Waals surface area contributed by atoms with Crippen LogP contribution in [0.15, 0.2) is 5.10 Å². The summed E-state index contributed by atoms with van der Waals surface area (Å²) < 4.78 is 37.0. The van der Waals surface area contributed by atoms with Crippen molar-refractivity contribution < 1.29 is 18.3 Å². The lowest BCUT2D eigenvalue weighted by Crippen LogP contribution is -2.52. The molecule has 0 aromatic heterocycles. The minimum Gasteiger partial charge on any atom is -0.362 e. The summed E-state index contributed by atoms with van der Waals surface area (Å²) in [7, 11) is 0. The summed E-state index contributed by atoms with van der Waals surface area (Å²) in [5, 5.41) is 12.7. The maximum Gasteiger partial charge on any atom is 0.438 e. The first-order valence-electron chi connectivity index (χ1n) is 4.19. The van der Waals surface area contributed by atoms with Crippen LogP contribution in [0.25, 0.3) is 0 Å². The molecule has 1 aliphatic heterocycles. The molecule has 3 nitrogen and oxygen atoms in total. The van der Waals surface area contributed by atoms with E-state index >= 15 is 0 Å². The molecule has 0 radical (unpaired) electrons. The Kier molecular flexibility index (Phi) is 2.30. The van der Waals surface area contributed by atoms with Crippen molar-refractivity contribution in [1.82, 2.24) is 5.43 Å². The second-order valence-electron chi connectivity index (χ2n) is 4.46. The number of rotatable bonds is 0.